The van der Waals surface area contributed by atoms with Crippen LogP contribution < -0.4 is 0 Å². The monoisotopic (exact) mass is 504 g/mol. The summed E-state index contributed by atoms with van der Waals surface area (Å²) in [6.45, 7) is -2.32. The summed E-state index contributed by atoms with van der Waals surface area (Å²) >= 11 is 0. The lowest BCUT2D eigenvalue weighted by Crippen LogP contribution is -2.68. The Hall–Kier alpha value is -0.640. The van der Waals surface area contributed by atoms with Crippen LogP contribution in [0.1, 0.15) is 0 Å². The van der Waals surface area contributed by atoms with E-state index in [1.807, 2.05) is 0 Å². The molecule has 3 heterocycles. The van der Waals surface area contributed by atoms with Crippen LogP contribution >= 0.6 is 0 Å². The standard InChI is InChI=1S/C18H32O16/c19-1-5-8(23)10(25)12(27)17(32-5)34-18(15(29)9(24)6(2-20)33-18)16(30)13(28)14-11(26)7(22)4(21)3-31-14/h4-17,19-30H,1-3H2/t4-,5+,6+,7+,8-,9+,10-,11-,12+,13?,14-,15-,16?,17+,18+/m0/s1. The van der Waals surface area contributed by atoms with Crippen LogP contribution in [0.5, 0.6) is 0 Å². The second kappa shape index (κ2) is 10.8. The zero-order valence-electron chi connectivity index (χ0n) is 17.7. The van der Waals surface area contributed by atoms with Gasteiger partial charge in [0.2, 0.25) is 5.79 Å². The summed E-state index contributed by atoms with van der Waals surface area (Å²) < 4.78 is 21.0. The van der Waals surface area contributed by atoms with Gasteiger partial charge in [-0.1, -0.05) is 0 Å². The SMILES string of the molecule is OC[C@H]1O[C@H](O[C@]2(C(O)C(O)[C@H]3OC[C@H](O)[C@@H](O)[C@@H]3O)O[C@H](CO)[C@@H](O)[C@@H]2O)[C@H](O)[C@@H](O)[C@H]1O. The van der Waals surface area contributed by atoms with Crippen LogP contribution in [0.25, 0.3) is 0 Å². The lowest BCUT2D eigenvalue weighted by Gasteiger charge is -2.47. The van der Waals surface area contributed by atoms with E-state index in [1.54, 1.807) is 0 Å². The summed E-state index contributed by atoms with van der Waals surface area (Å²) in [5.41, 5.74) is 0. The van der Waals surface area contributed by atoms with Crippen molar-refractivity contribution in [3.8, 4) is 0 Å². The average Bonchev–Trinajstić information content (AvgIpc) is 3.07. The summed E-state index contributed by atoms with van der Waals surface area (Å²) in [7, 11) is 0. The molecule has 3 rings (SSSR count). The van der Waals surface area contributed by atoms with Gasteiger partial charge in [-0.25, -0.2) is 0 Å². The van der Waals surface area contributed by atoms with Gasteiger partial charge in [0.1, 0.15) is 79.4 Å². The summed E-state index contributed by atoms with van der Waals surface area (Å²) in [5, 5.41) is 121. The van der Waals surface area contributed by atoms with Gasteiger partial charge >= 0.3 is 0 Å². The van der Waals surface area contributed by atoms with E-state index in [9.17, 15) is 61.3 Å². The molecule has 0 aliphatic carbocycles. The first-order chi connectivity index (χ1) is 15.9. The van der Waals surface area contributed by atoms with Crippen molar-refractivity contribution >= 4 is 0 Å². The molecule has 12 N–H and O–H groups in total. The van der Waals surface area contributed by atoms with Crippen molar-refractivity contribution in [2.45, 2.75) is 91.4 Å². The van der Waals surface area contributed by atoms with Crippen molar-refractivity contribution in [3.05, 3.63) is 0 Å². The minimum atomic E-state index is -2.90. The second-order valence-electron chi connectivity index (χ2n) is 8.59. The first-order valence-electron chi connectivity index (χ1n) is 10.6. The van der Waals surface area contributed by atoms with Crippen LogP contribution in [0.2, 0.25) is 0 Å². The van der Waals surface area contributed by atoms with E-state index in [1.165, 1.54) is 0 Å². The highest BCUT2D eigenvalue weighted by Crippen LogP contribution is 2.40. The van der Waals surface area contributed by atoms with E-state index >= 15 is 0 Å². The molecule has 0 saturated carbocycles. The number of rotatable bonds is 7. The van der Waals surface area contributed by atoms with Gasteiger partial charge in [-0.15, -0.1) is 0 Å². The molecule has 34 heavy (non-hydrogen) atoms. The minimum Gasteiger partial charge on any atom is -0.394 e. The average molecular weight is 504 g/mol. The van der Waals surface area contributed by atoms with Crippen molar-refractivity contribution in [3.63, 3.8) is 0 Å². The molecule has 3 fully saturated rings. The molecule has 0 bridgehead atoms. The quantitative estimate of drug-likeness (QED) is 0.153. The molecule has 15 atom stereocenters. The normalized spacial score (nSPS) is 51.9. The molecule has 16 heteroatoms. The van der Waals surface area contributed by atoms with Crippen LogP contribution in [0.3, 0.4) is 0 Å². The maximum Gasteiger partial charge on any atom is 0.229 e. The van der Waals surface area contributed by atoms with Crippen molar-refractivity contribution in [2.75, 3.05) is 19.8 Å². The van der Waals surface area contributed by atoms with E-state index in [4.69, 9.17) is 18.9 Å². The zero-order chi connectivity index (χ0) is 25.5. The molecular formula is C18H32O16. The smallest absolute Gasteiger partial charge is 0.229 e. The Morgan fingerprint density at radius 3 is 1.94 bits per heavy atom. The van der Waals surface area contributed by atoms with Gasteiger partial charge in [0.05, 0.1) is 19.8 Å². The molecule has 3 saturated heterocycles. The van der Waals surface area contributed by atoms with E-state index < -0.39 is 111 Å². The summed E-state index contributed by atoms with van der Waals surface area (Å²) in [4.78, 5) is 0. The maximum absolute atomic E-state index is 11.0. The minimum absolute atomic E-state index is 0.557. The van der Waals surface area contributed by atoms with Crippen LogP contribution in [0.4, 0.5) is 0 Å². The van der Waals surface area contributed by atoms with Gasteiger partial charge in [-0.05, 0) is 0 Å². The van der Waals surface area contributed by atoms with Crippen LogP contribution in [-0.4, -0.2) is 173 Å². The highest BCUT2D eigenvalue weighted by atomic mass is 16.8. The van der Waals surface area contributed by atoms with Crippen LogP contribution in [0.15, 0.2) is 0 Å². The van der Waals surface area contributed by atoms with Crippen LogP contribution in [0, 0.1) is 0 Å². The Morgan fingerprint density at radius 2 is 1.38 bits per heavy atom. The predicted octanol–water partition coefficient (Wildman–Crippen LogP) is -8.18. The zero-order valence-corrected chi connectivity index (χ0v) is 17.7. The third-order valence-corrected chi connectivity index (χ3v) is 6.39. The lowest BCUT2D eigenvalue weighted by atomic mass is 9.88. The molecule has 16 nitrogen and oxygen atoms in total. The number of hydrogen-bond donors (Lipinski definition) is 12. The topological polar surface area (TPSA) is 280 Å². The molecule has 2 unspecified atom stereocenters. The molecule has 0 radical (unpaired) electrons. The fourth-order valence-corrected chi connectivity index (χ4v) is 4.27. The molecule has 0 aromatic carbocycles. The van der Waals surface area contributed by atoms with E-state index in [0.29, 0.717) is 0 Å². The van der Waals surface area contributed by atoms with Gasteiger partial charge < -0.3 is 80.2 Å². The maximum atomic E-state index is 11.0. The largest absolute Gasteiger partial charge is 0.394 e. The van der Waals surface area contributed by atoms with Crippen molar-refractivity contribution < 1.29 is 80.2 Å². The number of aliphatic hydroxyl groups is 12. The molecule has 0 aromatic rings. The lowest BCUT2D eigenvalue weighted by molar-refractivity contribution is -0.404. The summed E-state index contributed by atoms with van der Waals surface area (Å²) in [5.74, 6) is -2.90. The molecule has 0 spiro atoms. The highest BCUT2D eigenvalue weighted by Gasteiger charge is 2.64. The van der Waals surface area contributed by atoms with E-state index in [0.717, 1.165) is 0 Å². The molecule has 0 aromatic heterocycles. The Balaban J connectivity index is 1.92. The summed E-state index contributed by atoms with van der Waals surface area (Å²) in [6, 6.07) is 0. The third kappa shape index (κ3) is 4.71. The number of aliphatic hydroxyl groups excluding tert-OH is 12. The van der Waals surface area contributed by atoms with Gasteiger partial charge in [0, 0.05) is 0 Å². The summed E-state index contributed by atoms with van der Waals surface area (Å²) in [6.07, 6.45) is -26.7. The number of ether oxygens (including phenoxy) is 4. The molecular weight excluding hydrogens is 472 g/mol. The Labute approximate surface area is 192 Å². The second-order valence-corrected chi connectivity index (χ2v) is 8.59. The highest BCUT2D eigenvalue weighted by molar-refractivity contribution is 5.06. The Bertz CT molecular complexity index is 668. The molecule has 0 amide bonds. The van der Waals surface area contributed by atoms with Crippen molar-refractivity contribution in [1.82, 2.24) is 0 Å². The first kappa shape index (κ1) is 27.9. The predicted molar refractivity (Wildman–Crippen MR) is 101 cm³/mol. The van der Waals surface area contributed by atoms with Gasteiger partial charge in [-0.3, -0.25) is 0 Å². The Kier molecular flexibility index (Phi) is 8.85. The van der Waals surface area contributed by atoms with Crippen molar-refractivity contribution in [1.29, 1.82) is 0 Å². The molecule has 3 aliphatic heterocycles. The number of hydrogen-bond acceptors (Lipinski definition) is 16. The third-order valence-electron chi connectivity index (χ3n) is 6.39. The van der Waals surface area contributed by atoms with Crippen LogP contribution in [-0.2, 0) is 18.9 Å². The van der Waals surface area contributed by atoms with E-state index in [-0.39, 0.29) is 0 Å². The van der Waals surface area contributed by atoms with Gasteiger partial charge in [0.15, 0.2) is 6.29 Å². The van der Waals surface area contributed by atoms with Gasteiger partial charge in [-0.2, -0.15) is 0 Å². The van der Waals surface area contributed by atoms with Crippen molar-refractivity contribution in [2.24, 2.45) is 0 Å². The fraction of sp³-hybridized carbons (Fsp3) is 1.00. The van der Waals surface area contributed by atoms with Gasteiger partial charge in [0.25, 0.3) is 0 Å². The molecule has 3 aliphatic rings. The van der Waals surface area contributed by atoms with E-state index in [2.05, 4.69) is 0 Å². The Morgan fingerprint density at radius 1 is 0.765 bits per heavy atom. The fourth-order valence-electron chi connectivity index (χ4n) is 4.27. The first-order valence-corrected chi connectivity index (χ1v) is 10.6. The molecule has 200 valence electrons.